The van der Waals surface area contributed by atoms with E-state index in [1.807, 2.05) is 38.1 Å². The average Bonchev–Trinajstić information content (AvgIpc) is 2.55. The Kier molecular flexibility index (Phi) is 3.48. The number of benzene rings is 1. The zero-order chi connectivity index (χ0) is 14.2. The van der Waals surface area contributed by atoms with Crippen molar-refractivity contribution in [3.63, 3.8) is 0 Å². The standard InChI is InChI=1S/C14H17N3OS/c1-8-5-9(2)13(11(18)6-8)17(4)7-12-10(3)16-14(15)19-12/h5-7,18H,3H2,1-2,4H3,(H2,15,16)/b12-7+. The van der Waals surface area contributed by atoms with Crippen LogP contribution >= 0.6 is 11.3 Å². The van der Waals surface area contributed by atoms with Crippen LogP contribution in [-0.2, 0) is 0 Å². The molecule has 1 aromatic heterocycles. The van der Waals surface area contributed by atoms with E-state index in [9.17, 15) is 5.11 Å². The zero-order valence-electron chi connectivity index (χ0n) is 11.3. The first-order chi connectivity index (χ1) is 8.88. The van der Waals surface area contributed by atoms with Crippen molar-refractivity contribution in [3.05, 3.63) is 33.1 Å². The van der Waals surface area contributed by atoms with Gasteiger partial charge in [0.2, 0.25) is 0 Å². The molecule has 100 valence electrons. The third kappa shape index (κ3) is 2.71. The van der Waals surface area contributed by atoms with Gasteiger partial charge in [0.05, 0.1) is 15.6 Å². The summed E-state index contributed by atoms with van der Waals surface area (Å²) >= 11 is 1.38. The number of phenols is 1. The van der Waals surface area contributed by atoms with Crippen LogP contribution in [-0.4, -0.2) is 17.1 Å². The maximum atomic E-state index is 10.1. The summed E-state index contributed by atoms with van der Waals surface area (Å²) in [4.78, 5) is 5.95. The minimum atomic E-state index is 0.263. The van der Waals surface area contributed by atoms with Crippen LogP contribution in [0.4, 0.5) is 10.8 Å². The number of aromatic hydroxyl groups is 1. The molecular weight excluding hydrogens is 258 g/mol. The summed E-state index contributed by atoms with van der Waals surface area (Å²) in [5.74, 6) is 0.263. The van der Waals surface area contributed by atoms with Gasteiger partial charge in [-0.3, -0.25) is 0 Å². The second-order valence-electron chi connectivity index (χ2n) is 4.55. The molecule has 0 saturated heterocycles. The smallest absolute Gasteiger partial charge is 0.181 e. The van der Waals surface area contributed by atoms with Crippen molar-refractivity contribution in [2.75, 3.05) is 17.7 Å². The Morgan fingerprint density at radius 1 is 1.42 bits per heavy atom. The van der Waals surface area contributed by atoms with Crippen LogP contribution in [0.1, 0.15) is 11.1 Å². The number of aromatic nitrogens is 1. The highest BCUT2D eigenvalue weighted by molar-refractivity contribution is 7.13. The van der Waals surface area contributed by atoms with Crippen LogP contribution in [0, 0.1) is 13.8 Å². The molecule has 2 rings (SSSR count). The molecule has 5 heteroatoms. The second kappa shape index (κ2) is 4.93. The molecule has 0 spiro atoms. The van der Waals surface area contributed by atoms with Crippen LogP contribution in [0.2, 0.25) is 0 Å². The number of nitrogen functional groups attached to an aromatic ring is 1. The molecule has 1 aromatic carbocycles. The average molecular weight is 275 g/mol. The lowest BCUT2D eigenvalue weighted by molar-refractivity contribution is 0.475. The Morgan fingerprint density at radius 3 is 2.63 bits per heavy atom. The van der Waals surface area contributed by atoms with Gasteiger partial charge in [-0.15, -0.1) is 0 Å². The maximum absolute atomic E-state index is 10.1. The first-order valence-corrected chi connectivity index (χ1v) is 6.66. The molecule has 0 atom stereocenters. The van der Waals surface area contributed by atoms with Gasteiger partial charge in [-0.2, -0.15) is 0 Å². The van der Waals surface area contributed by atoms with E-state index in [4.69, 9.17) is 5.73 Å². The summed E-state index contributed by atoms with van der Waals surface area (Å²) in [6.45, 7) is 7.77. The lowest BCUT2D eigenvalue weighted by atomic mass is 10.1. The molecule has 0 bridgehead atoms. The maximum Gasteiger partial charge on any atom is 0.181 e. The lowest BCUT2D eigenvalue weighted by Crippen LogP contribution is -2.24. The number of hydrogen-bond donors (Lipinski definition) is 2. The van der Waals surface area contributed by atoms with Crippen molar-refractivity contribution in [2.45, 2.75) is 13.8 Å². The van der Waals surface area contributed by atoms with E-state index in [2.05, 4.69) is 11.6 Å². The molecular formula is C14H17N3OS. The fraction of sp³-hybridized carbons (Fsp3) is 0.214. The zero-order valence-corrected chi connectivity index (χ0v) is 12.1. The van der Waals surface area contributed by atoms with Crippen molar-refractivity contribution < 1.29 is 5.11 Å². The largest absolute Gasteiger partial charge is 0.506 e. The number of thiazole rings is 1. The van der Waals surface area contributed by atoms with Crippen LogP contribution in [0.3, 0.4) is 0 Å². The number of aryl methyl sites for hydroxylation is 2. The Labute approximate surface area is 116 Å². The van der Waals surface area contributed by atoms with Gasteiger partial charge in [0, 0.05) is 13.2 Å². The molecule has 4 nitrogen and oxygen atoms in total. The highest BCUT2D eigenvalue weighted by Crippen LogP contribution is 2.31. The first kappa shape index (κ1) is 13.4. The van der Waals surface area contributed by atoms with Crippen molar-refractivity contribution in [3.8, 4) is 5.75 Å². The minimum Gasteiger partial charge on any atom is -0.506 e. The fourth-order valence-corrected chi connectivity index (χ4v) is 2.88. The van der Waals surface area contributed by atoms with Gasteiger partial charge in [0.25, 0.3) is 0 Å². The van der Waals surface area contributed by atoms with E-state index in [1.165, 1.54) is 11.3 Å². The number of nitrogens with two attached hydrogens (primary N) is 1. The SMILES string of the molecule is C=c1nc(N)s/c1=C/N(C)c1c(C)cc(C)cc1O. The summed E-state index contributed by atoms with van der Waals surface area (Å²) < 4.78 is 0.888. The van der Waals surface area contributed by atoms with Crippen molar-refractivity contribution in [1.29, 1.82) is 0 Å². The summed E-state index contributed by atoms with van der Waals surface area (Å²) in [7, 11) is 1.88. The van der Waals surface area contributed by atoms with Gasteiger partial charge in [-0.05, 0) is 31.0 Å². The Bertz CT molecular complexity index is 698. The van der Waals surface area contributed by atoms with Crippen LogP contribution in [0.5, 0.6) is 5.75 Å². The number of anilines is 2. The van der Waals surface area contributed by atoms with Crippen LogP contribution in [0.25, 0.3) is 12.8 Å². The molecule has 0 unspecified atom stereocenters. The van der Waals surface area contributed by atoms with Crippen molar-refractivity contribution in [1.82, 2.24) is 4.98 Å². The van der Waals surface area contributed by atoms with E-state index in [1.54, 1.807) is 6.07 Å². The fourth-order valence-electron chi connectivity index (χ4n) is 2.12. The Morgan fingerprint density at radius 2 is 2.11 bits per heavy atom. The van der Waals surface area contributed by atoms with E-state index in [0.717, 1.165) is 21.3 Å². The molecule has 0 aliphatic carbocycles. The number of phenolic OH excluding ortho intramolecular Hbond substituents is 1. The van der Waals surface area contributed by atoms with Crippen molar-refractivity contribution >= 4 is 34.9 Å². The van der Waals surface area contributed by atoms with Crippen molar-refractivity contribution in [2.24, 2.45) is 0 Å². The Balaban J connectivity index is 2.52. The summed E-state index contributed by atoms with van der Waals surface area (Å²) in [5, 5.41) is 11.2. The minimum absolute atomic E-state index is 0.263. The highest BCUT2D eigenvalue weighted by Gasteiger charge is 2.09. The monoisotopic (exact) mass is 275 g/mol. The molecule has 0 saturated carbocycles. The molecule has 3 N–H and O–H groups in total. The molecule has 0 amide bonds. The van der Waals surface area contributed by atoms with Gasteiger partial charge in [-0.1, -0.05) is 24.0 Å². The normalized spacial score (nSPS) is 11.8. The number of nitrogens with zero attached hydrogens (tertiary/aromatic N) is 2. The third-order valence-electron chi connectivity index (χ3n) is 2.83. The highest BCUT2D eigenvalue weighted by atomic mass is 32.1. The second-order valence-corrected chi connectivity index (χ2v) is 5.61. The lowest BCUT2D eigenvalue weighted by Gasteiger charge is -2.18. The van der Waals surface area contributed by atoms with E-state index >= 15 is 0 Å². The number of hydrogen-bond acceptors (Lipinski definition) is 5. The van der Waals surface area contributed by atoms with Crippen LogP contribution in [0.15, 0.2) is 12.1 Å². The molecule has 0 fully saturated rings. The first-order valence-electron chi connectivity index (χ1n) is 5.84. The van der Waals surface area contributed by atoms with E-state index in [0.29, 0.717) is 10.5 Å². The predicted octanol–water partition coefficient (Wildman–Crippen LogP) is 1.33. The van der Waals surface area contributed by atoms with E-state index < -0.39 is 0 Å². The number of rotatable bonds is 2. The van der Waals surface area contributed by atoms with Crippen LogP contribution < -0.4 is 20.5 Å². The topological polar surface area (TPSA) is 62.4 Å². The Hall–Kier alpha value is -2.01. The molecule has 1 heterocycles. The summed E-state index contributed by atoms with van der Waals surface area (Å²) in [5.41, 5.74) is 8.48. The summed E-state index contributed by atoms with van der Waals surface area (Å²) in [6, 6.07) is 3.78. The van der Waals surface area contributed by atoms with E-state index in [-0.39, 0.29) is 5.75 Å². The molecule has 2 aromatic rings. The molecule has 0 aliphatic rings. The molecule has 0 aliphatic heterocycles. The summed E-state index contributed by atoms with van der Waals surface area (Å²) in [6.07, 6.45) is 1.88. The molecule has 19 heavy (non-hydrogen) atoms. The quantitative estimate of drug-likeness (QED) is 0.868. The van der Waals surface area contributed by atoms with Gasteiger partial charge < -0.3 is 15.7 Å². The third-order valence-corrected chi connectivity index (χ3v) is 3.69. The van der Waals surface area contributed by atoms with Gasteiger partial charge in [-0.25, -0.2) is 4.98 Å². The predicted molar refractivity (Wildman–Crippen MR) is 81.7 cm³/mol. The van der Waals surface area contributed by atoms with Gasteiger partial charge >= 0.3 is 0 Å². The molecule has 0 radical (unpaired) electrons. The van der Waals surface area contributed by atoms with Gasteiger partial charge in [0.1, 0.15) is 5.75 Å². The van der Waals surface area contributed by atoms with Gasteiger partial charge in [0.15, 0.2) is 5.13 Å².